The van der Waals surface area contributed by atoms with Gasteiger partial charge < -0.3 is 0 Å². The Morgan fingerprint density at radius 1 is 1.62 bits per heavy atom. The Morgan fingerprint density at radius 3 is 2.38 bits per heavy atom. The van der Waals surface area contributed by atoms with Crippen LogP contribution in [0.1, 0.15) is 13.8 Å². The molecule has 0 radical (unpaired) electrons. The van der Waals surface area contributed by atoms with E-state index in [0.29, 0.717) is 5.57 Å². The minimum Gasteiger partial charge on any atom is -0.241 e. The summed E-state index contributed by atoms with van der Waals surface area (Å²) in [4.78, 5) is 0. The van der Waals surface area contributed by atoms with Crippen LogP contribution in [0.15, 0.2) is 12.2 Å². The first-order valence-corrected chi connectivity index (χ1v) is 5.65. The molecular weight excluding hydrogens is 193 g/mol. The Bertz CT molecular complexity index is 313. The zero-order valence-electron chi connectivity index (χ0n) is 7.88. The quantitative estimate of drug-likeness (QED) is 0.646. The molecular formula is C8H14FNO2S. The molecule has 0 unspecified atom stereocenters. The van der Waals surface area contributed by atoms with E-state index in [1.807, 2.05) is 0 Å². The van der Waals surface area contributed by atoms with E-state index in [1.165, 1.54) is 6.92 Å². The minimum absolute atomic E-state index is 0.0252. The van der Waals surface area contributed by atoms with Gasteiger partial charge in [-0.3, -0.25) is 0 Å². The Morgan fingerprint density at radius 2 is 2.08 bits per heavy atom. The molecule has 1 rings (SSSR count). The Labute approximate surface area is 78.3 Å². The van der Waals surface area contributed by atoms with Gasteiger partial charge in [-0.25, -0.2) is 12.8 Å². The van der Waals surface area contributed by atoms with Crippen LogP contribution < -0.4 is 0 Å². The summed E-state index contributed by atoms with van der Waals surface area (Å²) in [6.45, 7) is 6.51. The van der Waals surface area contributed by atoms with Crippen LogP contribution in [-0.2, 0) is 10.0 Å². The Kier molecular flexibility index (Phi) is 2.51. The van der Waals surface area contributed by atoms with E-state index in [1.54, 1.807) is 6.92 Å². The van der Waals surface area contributed by atoms with Gasteiger partial charge in [-0.05, 0) is 13.8 Å². The van der Waals surface area contributed by atoms with E-state index >= 15 is 0 Å². The third kappa shape index (κ3) is 2.51. The summed E-state index contributed by atoms with van der Waals surface area (Å²) in [5.74, 6) is -0.0803. The van der Waals surface area contributed by atoms with Crippen molar-refractivity contribution in [1.29, 1.82) is 0 Å². The second kappa shape index (κ2) is 3.06. The molecule has 1 fully saturated rings. The fourth-order valence-electron chi connectivity index (χ4n) is 1.29. The summed E-state index contributed by atoms with van der Waals surface area (Å²) in [5, 5.41) is 0. The van der Waals surface area contributed by atoms with Crippen molar-refractivity contribution in [2.45, 2.75) is 19.5 Å². The Balaban J connectivity index is 2.60. The summed E-state index contributed by atoms with van der Waals surface area (Å²) in [6.07, 6.45) is 0. The van der Waals surface area contributed by atoms with Gasteiger partial charge >= 0.3 is 0 Å². The van der Waals surface area contributed by atoms with Crippen LogP contribution in [0.25, 0.3) is 0 Å². The standard InChI is InChI=1S/C8H14FNO2S/c1-7(2)4-13(11,12)10-5-8(3,9)6-10/h1,4-6H2,2-3H3. The van der Waals surface area contributed by atoms with Crippen molar-refractivity contribution in [3.63, 3.8) is 0 Å². The van der Waals surface area contributed by atoms with Gasteiger partial charge in [0.2, 0.25) is 10.0 Å². The lowest BCUT2D eigenvalue weighted by molar-refractivity contribution is 0.0399. The molecule has 0 amide bonds. The minimum atomic E-state index is -3.30. The molecule has 13 heavy (non-hydrogen) atoms. The molecule has 0 aromatic heterocycles. The van der Waals surface area contributed by atoms with Gasteiger partial charge in [-0.2, -0.15) is 4.31 Å². The van der Waals surface area contributed by atoms with E-state index in [4.69, 9.17) is 0 Å². The van der Waals surface area contributed by atoms with Crippen LogP contribution in [0.4, 0.5) is 4.39 Å². The van der Waals surface area contributed by atoms with Crippen molar-refractivity contribution >= 4 is 10.0 Å². The topological polar surface area (TPSA) is 37.4 Å². The normalized spacial score (nSPS) is 22.4. The molecule has 0 bridgehead atoms. The molecule has 1 aliphatic heterocycles. The first-order chi connectivity index (χ1) is 5.73. The summed E-state index contributed by atoms with van der Waals surface area (Å²) in [5.41, 5.74) is -0.769. The summed E-state index contributed by atoms with van der Waals surface area (Å²) in [6, 6.07) is 0. The largest absolute Gasteiger partial charge is 0.241 e. The molecule has 1 saturated heterocycles. The molecule has 76 valence electrons. The van der Waals surface area contributed by atoms with E-state index < -0.39 is 15.7 Å². The molecule has 0 saturated carbocycles. The highest BCUT2D eigenvalue weighted by atomic mass is 32.2. The highest BCUT2D eigenvalue weighted by Gasteiger charge is 2.44. The third-order valence-corrected chi connectivity index (χ3v) is 3.74. The van der Waals surface area contributed by atoms with Crippen LogP contribution in [0, 0.1) is 0 Å². The molecule has 3 nitrogen and oxygen atoms in total. The van der Waals surface area contributed by atoms with Crippen molar-refractivity contribution in [2.75, 3.05) is 18.8 Å². The monoisotopic (exact) mass is 207 g/mol. The van der Waals surface area contributed by atoms with Crippen LogP contribution in [-0.4, -0.2) is 37.2 Å². The number of hydrogen-bond acceptors (Lipinski definition) is 2. The predicted molar refractivity (Wildman–Crippen MR) is 49.7 cm³/mol. The van der Waals surface area contributed by atoms with Crippen LogP contribution in [0.5, 0.6) is 0 Å². The second-order valence-corrected chi connectivity index (χ2v) is 5.86. The van der Waals surface area contributed by atoms with Crippen molar-refractivity contribution in [3.8, 4) is 0 Å². The lowest BCUT2D eigenvalue weighted by atomic mass is 10.0. The van der Waals surface area contributed by atoms with E-state index in [-0.39, 0.29) is 18.8 Å². The number of nitrogens with zero attached hydrogens (tertiary/aromatic N) is 1. The third-order valence-electron chi connectivity index (χ3n) is 1.83. The average molecular weight is 207 g/mol. The van der Waals surface area contributed by atoms with Crippen molar-refractivity contribution in [1.82, 2.24) is 4.31 Å². The molecule has 0 spiro atoms. The summed E-state index contributed by atoms with van der Waals surface area (Å²) in [7, 11) is -3.30. The molecule has 1 heterocycles. The van der Waals surface area contributed by atoms with E-state index in [0.717, 1.165) is 4.31 Å². The molecule has 0 atom stereocenters. The fraction of sp³-hybridized carbons (Fsp3) is 0.750. The van der Waals surface area contributed by atoms with Crippen LogP contribution in [0.3, 0.4) is 0 Å². The fourth-order valence-corrected chi connectivity index (χ4v) is 3.03. The first-order valence-electron chi connectivity index (χ1n) is 4.04. The molecule has 1 aliphatic rings. The molecule has 0 N–H and O–H groups in total. The molecule has 0 aliphatic carbocycles. The highest BCUT2D eigenvalue weighted by Crippen LogP contribution is 2.27. The average Bonchev–Trinajstić information content (AvgIpc) is 1.79. The van der Waals surface area contributed by atoms with E-state index in [9.17, 15) is 12.8 Å². The van der Waals surface area contributed by atoms with Gasteiger partial charge in [0.05, 0.1) is 5.75 Å². The van der Waals surface area contributed by atoms with Gasteiger partial charge in [-0.1, -0.05) is 12.2 Å². The zero-order chi connectivity index (χ0) is 10.3. The lowest BCUT2D eigenvalue weighted by Gasteiger charge is -2.40. The molecule has 0 aromatic rings. The number of hydrogen-bond donors (Lipinski definition) is 0. The van der Waals surface area contributed by atoms with Crippen molar-refractivity contribution < 1.29 is 12.8 Å². The number of rotatable bonds is 3. The molecule has 0 aromatic carbocycles. The zero-order valence-corrected chi connectivity index (χ0v) is 8.69. The Hall–Kier alpha value is -0.420. The van der Waals surface area contributed by atoms with E-state index in [2.05, 4.69) is 6.58 Å². The number of halogens is 1. The SMILES string of the molecule is C=C(C)CS(=O)(=O)N1CC(C)(F)C1. The van der Waals surface area contributed by atoms with Gasteiger partial charge in [-0.15, -0.1) is 0 Å². The maximum absolute atomic E-state index is 13.0. The van der Waals surface area contributed by atoms with Crippen LogP contribution in [0.2, 0.25) is 0 Å². The first kappa shape index (κ1) is 10.7. The second-order valence-electron chi connectivity index (χ2n) is 3.89. The summed E-state index contributed by atoms with van der Waals surface area (Å²) < 4.78 is 37.0. The van der Waals surface area contributed by atoms with Gasteiger partial charge in [0.25, 0.3) is 0 Å². The predicted octanol–water partition coefficient (Wildman–Crippen LogP) is 0.936. The smallest absolute Gasteiger partial charge is 0.218 e. The van der Waals surface area contributed by atoms with Crippen molar-refractivity contribution in [2.24, 2.45) is 0 Å². The molecule has 5 heteroatoms. The highest BCUT2D eigenvalue weighted by molar-refractivity contribution is 7.89. The van der Waals surface area contributed by atoms with Crippen LogP contribution >= 0.6 is 0 Å². The van der Waals surface area contributed by atoms with Crippen molar-refractivity contribution in [3.05, 3.63) is 12.2 Å². The maximum atomic E-state index is 13.0. The number of sulfonamides is 1. The lowest BCUT2D eigenvalue weighted by Crippen LogP contribution is -2.59. The van der Waals surface area contributed by atoms with Gasteiger partial charge in [0, 0.05) is 13.1 Å². The maximum Gasteiger partial charge on any atom is 0.218 e. The summed E-state index contributed by atoms with van der Waals surface area (Å²) >= 11 is 0. The van der Waals surface area contributed by atoms with Gasteiger partial charge in [0.15, 0.2) is 0 Å². The van der Waals surface area contributed by atoms with Gasteiger partial charge in [0.1, 0.15) is 5.67 Å². The number of alkyl halides is 1.